The van der Waals surface area contributed by atoms with Crippen molar-refractivity contribution in [3.8, 4) is 22.9 Å². The molecule has 0 saturated carbocycles. The van der Waals surface area contributed by atoms with Crippen LogP contribution in [0, 0.1) is 28.9 Å². The normalized spacial score (nSPS) is 14.4. The van der Waals surface area contributed by atoms with Crippen LogP contribution in [0.15, 0.2) is 36.7 Å². The lowest BCUT2D eigenvalue weighted by molar-refractivity contribution is 0.0977. The van der Waals surface area contributed by atoms with Gasteiger partial charge in [0, 0.05) is 48.6 Å². The number of rotatable bonds is 6. The topological polar surface area (TPSA) is 147 Å². The number of anilines is 1. The molecule has 0 aliphatic carbocycles. The van der Waals surface area contributed by atoms with Crippen LogP contribution in [0.4, 0.5) is 14.7 Å². The lowest BCUT2D eigenvalue weighted by Gasteiger charge is -2.29. The molecule has 3 aromatic heterocycles. The summed E-state index contributed by atoms with van der Waals surface area (Å²) < 4.78 is 55.3. The van der Waals surface area contributed by atoms with Gasteiger partial charge in [-0.15, -0.1) is 0 Å². The summed E-state index contributed by atoms with van der Waals surface area (Å²) in [6, 6.07) is 6.71. The van der Waals surface area contributed by atoms with E-state index in [-0.39, 0.29) is 28.9 Å². The molecule has 4 heterocycles. The van der Waals surface area contributed by atoms with Crippen molar-refractivity contribution in [2.45, 2.75) is 32.6 Å². The van der Waals surface area contributed by atoms with E-state index in [0.717, 1.165) is 12.3 Å². The summed E-state index contributed by atoms with van der Waals surface area (Å²) in [5, 5.41) is 14.2. The number of hydrogen-bond donors (Lipinski definition) is 1. The molecular weight excluding hydrogens is 554 g/mol. The Labute approximate surface area is 234 Å². The fourth-order valence-electron chi connectivity index (χ4n) is 4.76. The smallest absolute Gasteiger partial charge is 0.283 e. The Morgan fingerprint density at radius 2 is 1.83 bits per heavy atom. The molecule has 5 rings (SSSR count). The van der Waals surface area contributed by atoms with Crippen LogP contribution < -0.4 is 9.62 Å². The van der Waals surface area contributed by atoms with E-state index in [1.54, 1.807) is 12.4 Å². The number of benzene rings is 1. The molecule has 1 amide bonds. The minimum atomic E-state index is -3.92. The molecule has 1 fully saturated rings. The van der Waals surface area contributed by atoms with E-state index in [0.29, 0.717) is 60.2 Å². The van der Waals surface area contributed by atoms with Crippen LogP contribution in [0.25, 0.3) is 27.8 Å². The second-order valence-electron chi connectivity index (χ2n) is 10.2. The summed E-state index contributed by atoms with van der Waals surface area (Å²) in [5.41, 5.74) is 1.14. The number of hydrogen-bond acceptors (Lipinski definition) is 9. The van der Waals surface area contributed by atoms with Crippen LogP contribution in [0.5, 0.6) is 0 Å². The van der Waals surface area contributed by atoms with Crippen molar-refractivity contribution in [2.75, 3.05) is 24.2 Å². The molecule has 1 saturated heterocycles. The van der Waals surface area contributed by atoms with E-state index in [2.05, 4.69) is 26.1 Å². The standard InChI is InChI=1S/C27H26F2N8O3S/c1-15(2)24-23-19(17-13-31-27(32-14-17)36-8-6-16(12-30)7-9-36)11-21(26(38)35-41(3,39)40)33-25(23)37(34-24)22-5-4-18(28)10-20(22)29/h4-5,10-11,13-16H,6-9H2,1-3H3,(H,35,38). The van der Waals surface area contributed by atoms with Gasteiger partial charge in [-0.05, 0) is 37.0 Å². The SMILES string of the molecule is CC(C)c1nn(-c2ccc(F)cc2F)c2nc(C(=O)NS(C)(=O)=O)cc(-c3cnc(N4CCC(C#N)CC4)nc3)c12. The summed E-state index contributed by atoms with van der Waals surface area (Å²) in [5.74, 6) is -2.36. The van der Waals surface area contributed by atoms with Crippen LogP contribution in [0.3, 0.4) is 0 Å². The minimum absolute atomic E-state index is 0.00376. The summed E-state index contributed by atoms with van der Waals surface area (Å²) in [7, 11) is -3.92. The molecule has 4 aromatic rings. The lowest BCUT2D eigenvalue weighted by atomic mass is 9.98. The highest BCUT2D eigenvalue weighted by Gasteiger charge is 2.26. The molecule has 1 aromatic carbocycles. The van der Waals surface area contributed by atoms with E-state index in [9.17, 15) is 27.3 Å². The Morgan fingerprint density at radius 3 is 2.41 bits per heavy atom. The number of carbonyl (C=O) groups is 1. The second-order valence-corrected chi connectivity index (χ2v) is 11.9. The van der Waals surface area contributed by atoms with Gasteiger partial charge in [0.2, 0.25) is 16.0 Å². The fourth-order valence-corrected chi connectivity index (χ4v) is 5.21. The number of piperidine rings is 1. The number of nitrogens with zero attached hydrogens (tertiary/aromatic N) is 7. The van der Waals surface area contributed by atoms with Crippen molar-refractivity contribution in [3.05, 3.63) is 59.7 Å². The third-order valence-corrected chi connectivity index (χ3v) is 7.33. The van der Waals surface area contributed by atoms with E-state index in [4.69, 9.17) is 0 Å². The molecule has 0 atom stereocenters. The third-order valence-electron chi connectivity index (χ3n) is 6.77. The zero-order valence-corrected chi connectivity index (χ0v) is 23.3. The van der Waals surface area contributed by atoms with E-state index >= 15 is 0 Å². The highest BCUT2D eigenvalue weighted by atomic mass is 32.2. The molecule has 212 valence electrons. The average molecular weight is 581 g/mol. The number of amides is 1. The second kappa shape index (κ2) is 10.8. The van der Waals surface area contributed by atoms with Gasteiger partial charge < -0.3 is 4.90 Å². The van der Waals surface area contributed by atoms with Crippen molar-refractivity contribution in [2.24, 2.45) is 5.92 Å². The zero-order valence-electron chi connectivity index (χ0n) is 22.5. The van der Waals surface area contributed by atoms with Gasteiger partial charge in [-0.25, -0.2) is 41.6 Å². The molecule has 0 bridgehead atoms. The molecule has 41 heavy (non-hydrogen) atoms. The number of pyridine rings is 1. The Morgan fingerprint density at radius 1 is 1.15 bits per heavy atom. The average Bonchev–Trinajstić information content (AvgIpc) is 3.31. The molecule has 0 unspecified atom stereocenters. The number of nitrogens with one attached hydrogen (secondary N) is 1. The number of sulfonamides is 1. The van der Waals surface area contributed by atoms with Gasteiger partial charge in [0.15, 0.2) is 11.5 Å². The lowest BCUT2D eigenvalue weighted by Crippen LogP contribution is -2.34. The molecule has 1 aliphatic heterocycles. The molecule has 1 N–H and O–H groups in total. The predicted molar refractivity (Wildman–Crippen MR) is 147 cm³/mol. The largest absolute Gasteiger partial charge is 0.341 e. The maximum Gasteiger partial charge on any atom is 0.283 e. The van der Waals surface area contributed by atoms with E-state index in [1.165, 1.54) is 16.8 Å². The first-order chi connectivity index (χ1) is 19.4. The van der Waals surface area contributed by atoms with Crippen molar-refractivity contribution < 1.29 is 22.0 Å². The monoisotopic (exact) mass is 580 g/mol. The van der Waals surface area contributed by atoms with Gasteiger partial charge in [0.1, 0.15) is 17.2 Å². The first-order valence-electron chi connectivity index (χ1n) is 12.8. The number of fused-ring (bicyclic) bond motifs is 1. The Balaban J connectivity index is 1.69. The van der Waals surface area contributed by atoms with Crippen LogP contribution in [-0.2, 0) is 10.0 Å². The van der Waals surface area contributed by atoms with E-state index < -0.39 is 27.6 Å². The van der Waals surface area contributed by atoms with E-state index in [1.807, 2.05) is 23.5 Å². The Hall–Kier alpha value is -4.51. The van der Waals surface area contributed by atoms with Crippen molar-refractivity contribution >= 4 is 32.9 Å². The quantitative estimate of drug-likeness (QED) is 0.360. The molecule has 0 radical (unpaired) electrons. The molecule has 11 nitrogen and oxygen atoms in total. The van der Waals surface area contributed by atoms with Crippen LogP contribution in [-0.4, -0.2) is 58.4 Å². The highest BCUT2D eigenvalue weighted by molar-refractivity contribution is 7.89. The maximum absolute atomic E-state index is 14.9. The maximum atomic E-state index is 14.9. The van der Waals surface area contributed by atoms with Gasteiger partial charge in [-0.1, -0.05) is 13.8 Å². The summed E-state index contributed by atoms with van der Waals surface area (Å²) in [4.78, 5) is 28.3. The van der Waals surface area contributed by atoms with Gasteiger partial charge in [-0.2, -0.15) is 10.4 Å². The zero-order chi connectivity index (χ0) is 29.5. The van der Waals surface area contributed by atoms with Gasteiger partial charge in [0.25, 0.3) is 5.91 Å². The number of aromatic nitrogens is 5. The van der Waals surface area contributed by atoms with Crippen LogP contribution in [0.2, 0.25) is 0 Å². The fraction of sp³-hybridized carbons (Fsp3) is 0.333. The Bertz CT molecular complexity index is 1790. The summed E-state index contributed by atoms with van der Waals surface area (Å²) >= 11 is 0. The van der Waals surface area contributed by atoms with Crippen molar-refractivity contribution in [1.29, 1.82) is 5.26 Å². The van der Waals surface area contributed by atoms with Gasteiger partial charge >= 0.3 is 0 Å². The number of halogens is 2. The summed E-state index contributed by atoms with van der Waals surface area (Å²) in [6.07, 6.45) is 5.41. The number of nitriles is 1. The minimum Gasteiger partial charge on any atom is -0.341 e. The predicted octanol–water partition coefficient (Wildman–Crippen LogP) is 3.71. The van der Waals surface area contributed by atoms with Crippen molar-refractivity contribution in [3.63, 3.8) is 0 Å². The molecular formula is C27H26F2N8O3S. The molecule has 1 aliphatic rings. The van der Waals surface area contributed by atoms with Crippen LogP contribution >= 0.6 is 0 Å². The van der Waals surface area contributed by atoms with Gasteiger partial charge in [0.05, 0.1) is 23.4 Å². The highest BCUT2D eigenvalue weighted by Crippen LogP contribution is 2.36. The van der Waals surface area contributed by atoms with Crippen molar-refractivity contribution in [1.82, 2.24) is 29.5 Å². The first kappa shape index (κ1) is 28.0. The first-order valence-corrected chi connectivity index (χ1v) is 14.7. The Kier molecular flexibility index (Phi) is 7.39. The summed E-state index contributed by atoms with van der Waals surface area (Å²) in [6.45, 7) is 5.04. The van der Waals surface area contributed by atoms with Gasteiger partial charge in [-0.3, -0.25) is 4.79 Å². The molecule has 14 heteroatoms. The third kappa shape index (κ3) is 5.71. The van der Waals surface area contributed by atoms with Crippen LogP contribution in [0.1, 0.15) is 48.8 Å². The molecule has 0 spiro atoms. The number of carbonyl (C=O) groups excluding carboxylic acids is 1.